The third-order valence-electron chi connectivity index (χ3n) is 3.95. The summed E-state index contributed by atoms with van der Waals surface area (Å²) in [6.45, 7) is 9.59. The Morgan fingerprint density at radius 2 is 1.67 bits per heavy atom. The van der Waals surface area contributed by atoms with Gasteiger partial charge in [0.05, 0.1) is 0 Å². The minimum atomic E-state index is -0.813. The van der Waals surface area contributed by atoms with Gasteiger partial charge in [0.25, 0.3) is 5.91 Å². The van der Waals surface area contributed by atoms with E-state index in [4.69, 9.17) is 9.47 Å². The van der Waals surface area contributed by atoms with Crippen molar-refractivity contribution in [3.63, 3.8) is 0 Å². The van der Waals surface area contributed by atoms with E-state index in [0.29, 0.717) is 5.75 Å². The molecule has 0 heterocycles. The predicted octanol–water partition coefficient (Wildman–Crippen LogP) is 2.96. The number of hydrogen-bond acceptors (Lipinski definition) is 4. The van der Waals surface area contributed by atoms with Gasteiger partial charge in [-0.3, -0.25) is 4.79 Å². The lowest BCUT2D eigenvalue weighted by atomic mass is 9.87. The smallest absolute Gasteiger partial charge is 0.347 e. The zero-order chi connectivity index (χ0) is 17.9. The molecule has 5 heteroatoms. The van der Waals surface area contributed by atoms with Crippen LogP contribution in [-0.2, 0) is 19.7 Å². The van der Waals surface area contributed by atoms with Crippen LogP contribution in [0.2, 0.25) is 0 Å². The van der Waals surface area contributed by atoms with E-state index in [-0.39, 0.29) is 17.4 Å². The molecule has 1 N–H and O–H groups in total. The zero-order valence-corrected chi connectivity index (χ0v) is 15.1. The van der Waals surface area contributed by atoms with Crippen LogP contribution in [0, 0.1) is 0 Å². The lowest BCUT2D eigenvalue weighted by Gasteiger charge is -2.20. The van der Waals surface area contributed by atoms with Crippen molar-refractivity contribution < 1.29 is 19.1 Å². The van der Waals surface area contributed by atoms with E-state index < -0.39 is 18.2 Å². The van der Waals surface area contributed by atoms with Crippen molar-refractivity contribution in [2.75, 3.05) is 0 Å². The van der Waals surface area contributed by atoms with Crippen molar-refractivity contribution >= 4 is 11.9 Å². The number of hydrogen-bond donors (Lipinski definition) is 1. The molecule has 1 saturated carbocycles. The van der Waals surface area contributed by atoms with Crippen LogP contribution in [0.1, 0.15) is 53.0 Å². The largest absolute Gasteiger partial charge is 0.479 e. The highest BCUT2D eigenvalue weighted by Gasteiger charge is 2.28. The van der Waals surface area contributed by atoms with Gasteiger partial charge in [-0.05, 0) is 49.8 Å². The molecular weight excluding hydrogens is 306 g/mol. The van der Waals surface area contributed by atoms with Gasteiger partial charge in [-0.25, -0.2) is 4.79 Å². The second kappa shape index (κ2) is 7.24. The minimum Gasteiger partial charge on any atom is -0.479 e. The number of benzene rings is 1. The first-order valence-corrected chi connectivity index (χ1v) is 8.45. The topological polar surface area (TPSA) is 64.6 Å². The van der Waals surface area contributed by atoms with Gasteiger partial charge >= 0.3 is 5.97 Å². The molecule has 0 radical (unpaired) electrons. The van der Waals surface area contributed by atoms with E-state index in [2.05, 4.69) is 26.1 Å². The molecule has 2 atom stereocenters. The van der Waals surface area contributed by atoms with Crippen LogP contribution in [-0.4, -0.2) is 30.1 Å². The van der Waals surface area contributed by atoms with E-state index in [9.17, 15) is 9.59 Å². The Balaban J connectivity index is 1.85. The molecule has 1 aliphatic carbocycles. The lowest BCUT2D eigenvalue weighted by Crippen LogP contribution is -2.39. The number of esters is 1. The number of amides is 1. The molecule has 5 nitrogen and oxygen atoms in total. The Kier molecular flexibility index (Phi) is 5.52. The van der Waals surface area contributed by atoms with Crippen molar-refractivity contribution in [1.29, 1.82) is 0 Å². The average Bonchev–Trinajstić information content (AvgIpc) is 3.30. The molecule has 0 spiro atoms. The van der Waals surface area contributed by atoms with Gasteiger partial charge in [-0.1, -0.05) is 32.9 Å². The molecule has 1 amide bonds. The highest BCUT2D eigenvalue weighted by atomic mass is 16.6. The summed E-state index contributed by atoms with van der Waals surface area (Å²) in [5, 5.41) is 2.81. The predicted molar refractivity (Wildman–Crippen MR) is 92.0 cm³/mol. The van der Waals surface area contributed by atoms with Gasteiger partial charge in [0, 0.05) is 6.04 Å². The third kappa shape index (κ3) is 5.25. The summed E-state index contributed by atoms with van der Waals surface area (Å²) in [7, 11) is 0. The standard InChI is InChI=1S/C19H27NO4/c1-12(17(21)20-15-8-9-15)24-18(22)13(2)23-16-10-6-14(7-11-16)19(3,4)5/h6-7,10-13,15H,8-9H2,1-5H3,(H,20,21)/t12-,13+/m1/s1. The zero-order valence-electron chi connectivity index (χ0n) is 15.1. The monoisotopic (exact) mass is 333 g/mol. The SMILES string of the molecule is C[C@H](Oc1ccc(C(C)(C)C)cc1)C(=O)O[C@H](C)C(=O)NC1CC1. The van der Waals surface area contributed by atoms with Crippen LogP contribution in [0.5, 0.6) is 5.75 Å². The highest BCUT2D eigenvalue weighted by molar-refractivity contribution is 5.84. The Morgan fingerprint density at radius 3 is 2.17 bits per heavy atom. The molecule has 1 aromatic carbocycles. The van der Waals surface area contributed by atoms with Gasteiger partial charge in [-0.15, -0.1) is 0 Å². The molecule has 1 aromatic rings. The van der Waals surface area contributed by atoms with Crippen molar-refractivity contribution in [3.8, 4) is 5.75 Å². The molecule has 1 aliphatic rings. The molecule has 2 rings (SSSR count). The van der Waals surface area contributed by atoms with Gasteiger partial charge < -0.3 is 14.8 Å². The fraction of sp³-hybridized carbons (Fsp3) is 0.579. The van der Waals surface area contributed by atoms with E-state index in [1.165, 1.54) is 5.56 Å². The Bertz CT molecular complexity index is 584. The second-order valence-electron chi connectivity index (χ2n) is 7.40. The summed E-state index contributed by atoms with van der Waals surface area (Å²) in [4.78, 5) is 23.9. The van der Waals surface area contributed by atoms with Gasteiger partial charge in [0.15, 0.2) is 12.2 Å². The molecule has 24 heavy (non-hydrogen) atoms. The number of nitrogens with one attached hydrogen (secondary N) is 1. The van der Waals surface area contributed by atoms with Crippen molar-refractivity contribution in [3.05, 3.63) is 29.8 Å². The Hall–Kier alpha value is -2.04. The van der Waals surface area contributed by atoms with Crippen molar-refractivity contribution in [2.45, 2.75) is 71.1 Å². The maximum Gasteiger partial charge on any atom is 0.347 e. The van der Waals surface area contributed by atoms with Crippen LogP contribution < -0.4 is 10.1 Å². The number of rotatable bonds is 6. The molecule has 0 bridgehead atoms. The molecule has 0 aromatic heterocycles. The molecule has 0 saturated heterocycles. The number of ether oxygens (including phenoxy) is 2. The summed E-state index contributed by atoms with van der Waals surface area (Å²) >= 11 is 0. The fourth-order valence-electron chi connectivity index (χ4n) is 2.16. The molecule has 1 fully saturated rings. The molecule has 0 unspecified atom stereocenters. The third-order valence-corrected chi connectivity index (χ3v) is 3.95. The van der Waals surface area contributed by atoms with Crippen LogP contribution >= 0.6 is 0 Å². The van der Waals surface area contributed by atoms with Crippen molar-refractivity contribution in [1.82, 2.24) is 5.32 Å². The lowest BCUT2D eigenvalue weighted by molar-refractivity contribution is -0.160. The normalized spacial score (nSPS) is 16.9. The summed E-state index contributed by atoms with van der Waals surface area (Å²) in [5.41, 5.74) is 1.25. The van der Waals surface area contributed by atoms with Crippen LogP contribution in [0.4, 0.5) is 0 Å². The van der Waals surface area contributed by atoms with Gasteiger partial charge in [-0.2, -0.15) is 0 Å². The first kappa shape index (κ1) is 18.3. The Labute approximate surface area is 143 Å². The van der Waals surface area contributed by atoms with E-state index in [1.54, 1.807) is 13.8 Å². The van der Waals surface area contributed by atoms with Crippen LogP contribution in [0.15, 0.2) is 24.3 Å². The number of carbonyl (C=O) groups is 2. The second-order valence-corrected chi connectivity index (χ2v) is 7.40. The van der Waals surface area contributed by atoms with Crippen molar-refractivity contribution in [2.24, 2.45) is 0 Å². The van der Waals surface area contributed by atoms with Crippen LogP contribution in [0.25, 0.3) is 0 Å². The van der Waals surface area contributed by atoms with E-state index >= 15 is 0 Å². The van der Waals surface area contributed by atoms with Crippen LogP contribution in [0.3, 0.4) is 0 Å². The van der Waals surface area contributed by atoms with E-state index in [0.717, 1.165) is 12.8 Å². The highest BCUT2D eigenvalue weighted by Crippen LogP contribution is 2.24. The summed E-state index contributed by atoms with van der Waals surface area (Å²) in [6, 6.07) is 7.90. The summed E-state index contributed by atoms with van der Waals surface area (Å²) in [5.74, 6) is -0.205. The summed E-state index contributed by atoms with van der Waals surface area (Å²) < 4.78 is 10.8. The maximum atomic E-state index is 12.1. The average molecular weight is 333 g/mol. The minimum absolute atomic E-state index is 0.0629. The first-order valence-electron chi connectivity index (χ1n) is 8.45. The quantitative estimate of drug-likeness (QED) is 0.813. The number of carbonyl (C=O) groups excluding carboxylic acids is 2. The maximum absolute atomic E-state index is 12.1. The molecular formula is C19H27NO4. The van der Waals surface area contributed by atoms with Gasteiger partial charge in [0.1, 0.15) is 5.75 Å². The Morgan fingerprint density at radius 1 is 1.08 bits per heavy atom. The van der Waals surface area contributed by atoms with Gasteiger partial charge in [0.2, 0.25) is 0 Å². The molecule has 0 aliphatic heterocycles. The van der Waals surface area contributed by atoms with E-state index in [1.807, 2.05) is 24.3 Å². The summed E-state index contributed by atoms with van der Waals surface area (Å²) in [6.07, 6.45) is 0.404. The first-order chi connectivity index (χ1) is 11.2. The fourth-order valence-corrected chi connectivity index (χ4v) is 2.16. The molecule has 132 valence electrons.